The lowest BCUT2D eigenvalue weighted by Crippen LogP contribution is -2.45. The normalized spacial score (nSPS) is 15.4. The number of amides is 2. The Morgan fingerprint density at radius 3 is 2.59 bits per heavy atom. The van der Waals surface area contributed by atoms with Crippen LogP contribution in [0.3, 0.4) is 0 Å². The molecule has 5 aromatic rings. The van der Waals surface area contributed by atoms with Crippen LogP contribution in [0, 0.1) is 0 Å². The Morgan fingerprint density at radius 2 is 1.72 bits per heavy atom. The van der Waals surface area contributed by atoms with Gasteiger partial charge in [-0.05, 0) is 65.6 Å². The molecule has 1 saturated heterocycles. The van der Waals surface area contributed by atoms with Crippen molar-refractivity contribution in [3.63, 3.8) is 0 Å². The summed E-state index contributed by atoms with van der Waals surface area (Å²) in [6.07, 6.45) is 2.90. The van der Waals surface area contributed by atoms with Gasteiger partial charge in [-0.1, -0.05) is 54.1 Å². The van der Waals surface area contributed by atoms with E-state index < -0.39 is 0 Å². The third-order valence-corrected chi connectivity index (χ3v) is 8.65. The minimum atomic E-state index is -0.338. The van der Waals surface area contributed by atoms with E-state index in [1.807, 2.05) is 48.5 Å². The van der Waals surface area contributed by atoms with E-state index >= 15 is 0 Å². The molecule has 0 spiro atoms. The van der Waals surface area contributed by atoms with Gasteiger partial charge in [0.1, 0.15) is 12.1 Å². The number of carbonyl (C=O) groups excluding carboxylic acids is 2. The molecule has 0 bridgehead atoms. The van der Waals surface area contributed by atoms with Crippen molar-refractivity contribution < 1.29 is 28.2 Å². The standard InChI is InChI=1S/C36H31ClN2O7/c37-26-11-13-31-30(16-26)35(41)25(21-44-31)18-38(17-23-10-12-32-33(15-23)46-22-45-32)34(40)20-39(19-27-7-4-14-43-27)36(42)29-9-3-6-24-5-1-2-8-28(24)29/h1-3,5-6,8-13,15-16,21,27H,4,7,14,17-20,22H2/t27-/m1/s1. The summed E-state index contributed by atoms with van der Waals surface area (Å²) < 4.78 is 22.7. The first-order valence-corrected chi connectivity index (χ1v) is 15.6. The quantitative estimate of drug-likeness (QED) is 0.190. The van der Waals surface area contributed by atoms with Crippen LogP contribution in [0.1, 0.15) is 34.3 Å². The van der Waals surface area contributed by atoms with E-state index in [4.69, 9.17) is 30.2 Å². The summed E-state index contributed by atoms with van der Waals surface area (Å²) in [6.45, 7) is 0.899. The summed E-state index contributed by atoms with van der Waals surface area (Å²) in [5.41, 5.74) is 1.69. The van der Waals surface area contributed by atoms with Gasteiger partial charge in [-0.2, -0.15) is 0 Å². The molecule has 2 aliphatic rings. The molecule has 0 N–H and O–H groups in total. The molecule has 10 heteroatoms. The maximum atomic E-state index is 14.3. The molecule has 2 amide bonds. The van der Waals surface area contributed by atoms with Crippen molar-refractivity contribution in [2.45, 2.75) is 32.0 Å². The van der Waals surface area contributed by atoms with E-state index in [0.717, 1.165) is 29.2 Å². The summed E-state index contributed by atoms with van der Waals surface area (Å²) in [5, 5.41) is 2.47. The van der Waals surface area contributed by atoms with Crippen LogP contribution in [0.2, 0.25) is 5.02 Å². The average Bonchev–Trinajstić information content (AvgIpc) is 3.77. The highest BCUT2D eigenvalue weighted by molar-refractivity contribution is 6.31. The van der Waals surface area contributed by atoms with Gasteiger partial charge in [0.2, 0.25) is 12.7 Å². The smallest absolute Gasteiger partial charge is 0.255 e. The fourth-order valence-corrected chi connectivity index (χ4v) is 6.22. The first-order chi connectivity index (χ1) is 22.4. The zero-order valence-corrected chi connectivity index (χ0v) is 25.7. The van der Waals surface area contributed by atoms with Gasteiger partial charge >= 0.3 is 0 Å². The van der Waals surface area contributed by atoms with Crippen molar-refractivity contribution in [3.05, 3.63) is 117 Å². The van der Waals surface area contributed by atoms with Crippen molar-refractivity contribution in [1.29, 1.82) is 0 Å². The Kier molecular flexibility index (Phi) is 8.34. The second-order valence-electron chi connectivity index (χ2n) is 11.5. The largest absolute Gasteiger partial charge is 0.464 e. The monoisotopic (exact) mass is 638 g/mol. The van der Waals surface area contributed by atoms with Gasteiger partial charge in [-0.25, -0.2) is 0 Å². The van der Waals surface area contributed by atoms with Crippen molar-refractivity contribution in [2.75, 3.05) is 26.5 Å². The highest BCUT2D eigenvalue weighted by Gasteiger charge is 2.29. The van der Waals surface area contributed by atoms with Crippen molar-refractivity contribution in [3.8, 4) is 11.5 Å². The molecule has 0 radical (unpaired) electrons. The summed E-state index contributed by atoms with van der Waals surface area (Å²) in [4.78, 5) is 45.1. The molecule has 9 nitrogen and oxygen atoms in total. The predicted molar refractivity (Wildman–Crippen MR) is 173 cm³/mol. The fraction of sp³-hybridized carbons (Fsp3) is 0.250. The molecule has 2 aliphatic heterocycles. The Balaban J connectivity index is 1.22. The zero-order valence-electron chi connectivity index (χ0n) is 24.9. The predicted octanol–water partition coefficient (Wildman–Crippen LogP) is 6.18. The van der Waals surface area contributed by atoms with E-state index in [2.05, 4.69) is 0 Å². The van der Waals surface area contributed by atoms with Gasteiger partial charge in [-0.15, -0.1) is 0 Å². The molecule has 0 saturated carbocycles. The van der Waals surface area contributed by atoms with Crippen LogP contribution >= 0.6 is 11.6 Å². The maximum absolute atomic E-state index is 14.3. The SMILES string of the molecule is O=C(CN(C[C@H]1CCCO1)C(=O)c1cccc2ccccc12)N(Cc1ccc2c(c1)OCO2)Cc1coc2ccc(Cl)cc2c1=O. The Hall–Kier alpha value is -4.86. The van der Waals surface area contributed by atoms with Gasteiger partial charge in [0.25, 0.3) is 5.91 Å². The number of halogens is 1. The second-order valence-corrected chi connectivity index (χ2v) is 12.0. The lowest BCUT2D eigenvalue weighted by Gasteiger charge is -2.29. The molecule has 3 heterocycles. The molecule has 0 aliphatic carbocycles. The second kappa shape index (κ2) is 12.9. The molecule has 46 heavy (non-hydrogen) atoms. The Morgan fingerprint density at radius 1 is 0.870 bits per heavy atom. The van der Waals surface area contributed by atoms with E-state index in [1.54, 1.807) is 40.1 Å². The fourth-order valence-electron chi connectivity index (χ4n) is 6.05. The van der Waals surface area contributed by atoms with Gasteiger partial charge in [-0.3, -0.25) is 14.4 Å². The highest BCUT2D eigenvalue weighted by atomic mass is 35.5. The van der Waals surface area contributed by atoms with Crippen LogP contribution in [0.4, 0.5) is 0 Å². The molecular formula is C36H31ClN2O7. The molecule has 1 atom stereocenters. The summed E-state index contributed by atoms with van der Waals surface area (Å²) >= 11 is 6.18. The van der Waals surface area contributed by atoms with E-state index in [1.165, 1.54) is 6.26 Å². The maximum Gasteiger partial charge on any atom is 0.255 e. The minimum absolute atomic E-state index is 0.0473. The van der Waals surface area contributed by atoms with E-state index in [-0.39, 0.29) is 61.9 Å². The summed E-state index contributed by atoms with van der Waals surface area (Å²) in [7, 11) is 0. The third kappa shape index (κ3) is 6.16. The number of nitrogens with zero attached hydrogens (tertiary/aromatic N) is 2. The lowest BCUT2D eigenvalue weighted by atomic mass is 10.0. The van der Waals surface area contributed by atoms with Crippen LogP contribution in [0.5, 0.6) is 11.5 Å². The number of carbonyl (C=O) groups is 2. The lowest BCUT2D eigenvalue weighted by molar-refractivity contribution is -0.133. The number of hydrogen-bond donors (Lipinski definition) is 0. The van der Waals surface area contributed by atoms with Crippen LogP contribution < -0.4 is 14.9 Å². The zero-order chi connectivity index (χ0) is 31.6. The molecule has 1 aromatic heterocycles. The number of ether oxygens (including phenoxy) is 3. The summed E-state index contributed by atoms with van der Waals surface area (Å²) in [5.74, 6) is 0.603. The van der Waals surface area contributed by atoms with E-state index in [0.29, 0.717) is 39.7 Å². The molecule has 234 valence electrons. The number of fused-ring (bicyclic) bond motifs is 3. The van der Waals surface area contributed by atoms with Crippen molar-refractivity contribution in [1.82, 2.24) is 9.80 Å². The summed E-state index contributed by atoms with van der Waals surface area (Å²) in [6, 6.07) is 23.6. The minimum Gasteiger partial charge on any atom is -0.464 e. The number of hydrogen-bond acceptors (Lipinski definition) is 7. The highest BCUT2D eigenvalue weighted by Crippen LogP contribution is 2.33. The van der Waals surface area contributed by atoms with Crippen LogP contribution in [-0.4, -0.2) is 54.2 Å². The molecule has 1 fully saturated rings. The van der Waals surface area contributed by atoms with Gasteiger partial charge in [0.05, 0.1) is 29.9 Å². The van der Waals surface area contributed by atoms with E-state index in [9.17, 15) is 14.4 Å². The van der Waals surface area contributed by atoms with Crippen molar-refractivity contribution >= 4 is 45.2 Å². The Bertz CT molecular complexity index is 2000. The first kappa shape index (κ1) is 29.8. The molecule has 4 aromatic carbocycles. The van der Waals surface area contributed by atoms with Crippen LogP contribution in [0.15, 0.2) is 94.3 Å². The first-order valence-electron chi connectivity index (χ1n) is 15.2. The number of rotatable bonds is 9. The van der Waals surface area contributed by atoms with Gasteiger partial charge in [0, 0.05) is 30.3 Å². The van der Waals surface area contributed by atoms with Gasteiger partial charge in [0.15, 0.2) is 16.9 Å². The third-order valence-electron chi connectivity index (χ3n) is 8.41. The van der Waals surface area contributed by atoms with Crippen LogP contribution in [0.25, 0.3) is 21.7 Å². The average molecular weight is 639 g/mol. The van der Waals surface area contributed by atoms with Gasteiger partial charge < -0.3 is 28.4 Å². The molecular weight excluding hydrogens is 608 g/mol. The van der Waals surface area contributed by atoms with Crippen molar-refractivity contribution in [2.24, 2.45) is 0 Å². The molecule has 7 rings (SSSR count). The topological polar surface area (TPSA) is 98.5 Å². The van der Waals surface area contributed by atoms with Crippen LogP contribution in [-0.2, 0) is 22.6 Å². The number of benzene rings is 4. The Labute approximate surface area is 269 Å². The molecule has 0 unspecified atom stereocenters.